The number of hydrogen-bond acceptors (Lipinski definition) is 4. The molecule has 2 unspecified atom stereocenters. The SMILES string of the molecule is CC1SCCN(C(=O)c2[nH]ncc2N)C1C. The minimum Gasteiger partial charge on any atom is -0.396 e. The Labute approximate surface area is 98.8 Å². The molecule has 1 fully saturated rings. The van der Waals surface area contributed by atoms with E-state index >= 15 is 0 Å². The average molecular weight is 240 g/mol. The number of thioether (sulfide) groups is 1. The Kier molecular flexibility index (Phi) is 3.09. The molecule has 2 rings (SSSR count). The molecule has 0 bridgehead atoms. The number of nitrogens with two attached hydrogens (primary N) is 1. The van der Waals surface area contributed by atoms with Gasteiger partial charge in [0, 0.05) is 23.6 Å². The minimum atomic E-state index is -0.0466. The fourth-order valence-corrected chi connectivity index (χ4v) is 2.93. The third-order valence-electron chi connectivity index (χ3n) is 3.03. The number of nitrogens with one attached hydrogen (secondary N) is 1. The second-order valence-electron chi connectivity index (χ2n) is 4.02. The molecule has 1 aliphatic heterocycles. The van der Waals surface area contributed by atoms with Crippen LogP contribution >= 0.6 is 11.8 Å². The molecule has 0 aromatic carbocycles. The van der Waals surface area contributed by atoms with Crippen molar-refractivity contribution < 1.29 is 4.79 Å². The monoisotopic (exact) mass is 240 g/mol. The largest absolute Gasteiger partial charge is 0.396 e. The van der Waals surface area contributed by atoms with E-state index in [4.69, 9.17) is 5.73 Å². The fourth-order valence-electron chi connectivity index (χ4n) is 1.83. The van der Waals surface area contributed by atoms with E-state index in [1.54, 1.807) is 0 Å². The molecule has 1 aromatic heterocycles. The lowest BCUT2D eigenvalue weighted by Crippen LogP contribution is -2.48. The van der Waals surface area contributed by atoms with E-state index in [1.807, 2.05) is 16.7 Å². The first-order valence-corrected chi connectivity index (χ1v) is 6.37. The van der Waals surface area contributed by atoms with Crippen molar-refractivity contribution in [2.75, 3.05) is 18.0 Å². The molecule has 1 amide bonds. The van der Waals surface area contributed by atoms with Crippen molar-refractivity contribution in [2.24, 2.45) is 0 Å². The first-order valence-electron chi connectivity index (χ1n) is 5.32. The van der Waals surface area contributed by atoms with Crippen molar-refractivity contribution in [3.63, 3.8) is 0 Å². The Bertz CT molecular complexity index is 392. The van der Waals surface area contributed by atoms with Gasteiger partial charge < -0.3 is 10.6 Å². The molecule has 0 radical (unpaired) electrons. The van der Waals surface area contributed by atoms with Crippen LogP contribution in [0.4, 0.5) is 5.69 Å². The van der Waals surface area contributed by atoms with Gasteiger partial charge in [0.05, 0.1) is 11.9 Å². The predicted octanol–water partition coefficient (Wildman–Crippen LogP) is 0.958. The van der Waals surface area contributed by atoms with Crippen molar-refractivity contribution in [3.8, 4) is 0 Å². The van der Waals surface area contributed by atoms with Gasteiger partial charge in [0.25, 0.3) is 5.91 Å². The number of carbonyl (C=O) groups is 1. The Morgan fingerprint density at radius 2 is 2.44 bits per heavy atom. The van der Waals surface area contributed by atoms with E-state index < -0.39 is 0 Å². The number of H-pyrrole nitrogens is 1. The van der Waals surface area contributed by atoms with E-state index in [2.05, 4.69) is 24.0 Å². The predicted molar refractivity (Wildman–Crippen MR) is 65.4 cm³/mol. The highest BCUT2D eigenvalue weighted by Gasteiger charge is 2.30. The van der Waals surface area contributed by atoms with Gasteiger partial charge in [-0.05, 0) is 6.92 Å². The van der Waals surface area contributed by atoms with Gasteiger partial charge in [-0.3, -0.25) is 9.89 Å². The second kappa shape index (κ2) is 4.37. The van der Waals surface area contributed by atoms with E-state index in [9.17, 15) is 4.79 Å². The molecule has 0 spiro atoms. The Balaban J connectivity index is 2.18. The van der Waals surface area contributed by atoms with Crippen molar-refractivity contribution >= 4 is 23.4 Å². The van der Waals surface area contributed by atoms with Gasteiger partial charge in [0.15, 0.2) is 0 Å². The minimum absolute atomic E-state index is 0.0466. The molecule has 1 saturated heterocycles. The van der Waals surface area contributed by atoms with Gasteiger partial charge in [-0.2, -0.15) is 16.9 Å². The highest BCUT2D eigenvalue weighted by Crippen LogP contribution is 2.26. The molecule has 6 heteroatoms. The van der Waals surface area contributed by atoms with Gasteiger partial charge in [-0.25, -0.2) is 0 Å². The number of hydrogen-bond donors (Lipinski definition) is 2. The van der Waals surface area contributed by atoms with E-state index in [0.29, 0.717) is 16.6 Å². The summed E-state index contributed by atoms with van der Waals surface area (Å²) in [7, 11) is 0. The number of amides is 1. The molecule has 0 saturated carbocycles. The maximum absolute atomic E-state index is 12.2. The number of carbonyl (C=O) groups excluding carboxylic acids is 1. The van der Waals surface area contributed by atoms with E-state index in [1.165, 1.54) is 6.20 Å². The smallest absolute Gasteiger partial charge is 0.274 e. The van der Waals surface area contributed by atoms with Crippen LogP contribution < -0.4 is 5.73 Å². The summed E-state index contributed by atoms with van der Waals surface area (Å²) in [6.07, 6.45) is 1.47. The van der Waals surface area contributed by atoms with Gasteiger partial charge >= 0.3 is 0 Å². The fraction of sp³-hybridized carbons (Fsp3) is 0.600. The highest BCUT2D eigenvalue weighted by molar-refractivity contribution is 8.00. The normalized spacial score (nSPS) is 25.8. The third kappa shape index (κ3) is 1.89. The lowest BCUT2D eigenvalue weighted by molar-refractivity contribution is 0.0693. The van der Waals surface area contributed by atoms with Crippen LogP contribution in [0.15, 0.2) is 6.20 Å². The maximum atomic E-state index is 12.2. The molecule has 1 aromatic rings. The van der Waals surface area contributed by atoms with Crippen molar-refractivity contribution in [3.05, 3.63) is 11.9 Å². The van der Waals surface area contributed by atoms with Crippen LogP contribution in [0.3, 0.4) is 0 Å². The topological polar surface area (TPSA) is 75.0 Å². The zero-order valence-electron chi connectivity index (χ0n) is 9.43. The zero-order valence-corrected chi connectivity index (χ0v) is 10.3. The summed E-state index contributed by atoms with van der Waals surface area (Å²) in [5.41, 5.74) is 6.51. The van der Waals surface area contributed by atoms with E-state index in [-0.39, 0.29) is 11.9 Å². The summed E-state index contributed by atoms with van der Waals surface area (Å²) in [6.45, 7) is 4.99. The van der Waals surface area contributed by atoms with Crippen molar-refractivity contribution in [1.82, 2.24) is 15.1 Å². The molecule has 88 valence electrons. The molecular formula is C10H16N4OS. The molecule has 16 heavy (non-hydrogen) atoms. The second-order valence-corrected chi connectivity index (χ2v) is 5.50. The Morgan fingerprint density at radius 3 is 3.06 bits per heavy atom. The first kappa shape index (κ1) is 11.3. The molecule has 2 heterocycles. The van der Waals surface area contributed by atoms with Crippen molar-refractivity contribution in [1.29, 1.82) is 0 Å². The Hall–Kier alpha value is -1.17. The molecule has 1 aliphatic rings. The van der Waals surface area contributed by atoms with E-state index in [0.717, 1.165) is 12.3 Å². The molecular weight excluding hydrogens is 224 g/mol. The van der Waals surface area contributed by atoms with Gasteiger partial charge in [0.1, 0.15) is 5.69 Å². The van der Waals surface area contributed by atoms with Gasteiger partial charge in [-0.1, -0.05) is 6.92 Å². The van der Waals surface area contributed by atoms with Gasteiger partial charge in [-0.15, -0.1) is 0 Å². The standard InChI is InChI=1S/C10H16N4OS/c1-6-7(2)16-4-3-14(6)10(15)9-8(11)5-12-13-9/h5-7H,3-4,11H2,1-2H3,(H,12,13). The number of nitrogens with zero attached hydrogens (tertiary/aromatic N) is 2. The van der Waals surface area contributed by atoms with Crippen LogP contribution in [-0.2, 0) is 0 Å². The molecule has 3 N–H and O–H groups in total. The first-order chi connectivity index (χ1) is 7.61. The summed E-state index contributed by atoms with van der Waals surface area (Å²) in [5.74, 6) is 0.931. The summed E-state index contributed by atoms with van der Waals surface area (Å²) >= 11 is 1.90. The summed E-state index contributed by atoms with van der Waals surface area (Å²) < 4.78 is 0. The third-order valence-corrected chi connectivity index (χ3v) is 4.37. The van der Waals surface area contributed by atoms with Crippen LogP contribution in [-0.4, -0.2) is 44.6 Å². The number of aromatic amines is 1. The Morgan fingerprint density at radius 1 is 1.69 bits per heavy atom. The van der Waals surface area contributed by atoms with Crippen molar-refractivity contribution in [2.45, 2.75) is 25.1 Å². The lowest BCUT2D eigenvalue weighted by atomic mass is 10.2. The molecule has 2 atom stereocenters. The van der Waals surface area contributed by atoms with Crippen LogP contribution in [0.2, 0.25) is 0 Å². The highest BCUT2D eigenvalue weighted by atomic mass is 32.2. The number of anilines is 1. The zero-order chi connectivity index (χ0) is 11.7. The molecule has 5 nitrogen and oxygen atoms in total. The summed E-state index contributed by atoms with van der Waals surface area (Å²) in [4.78, 5) is 14.1. The summed E-state index contributed by atoms with van der Waals surface area (Å²) in [5, 5.41) is 6.90. The maximum Gasteiger partial charge on any atom is 0.274 e. The van der Waals surface area contributed by atoms with Crippen LogP contribution in [0, 0.1) is 0 Å². The number of nitrogen functional groups attached to an aromatic ring is 1. The van der Waals surface area contributed by atoms with Crippen LogP contribution in [0.25, 0.3) is 0 Å². The average Bonchev–Trinajstić information content (AvgIpc) is 2.68. The summed E-state index contributed by atoms with van der Waals surface area (Å²) in [6, 6.07) is 0.231. The number of aromatic nitrogens is 2. The van der Waals surface area contributed by atoms with Crippen LogP contribution in [0.5, 0.6) is 0 Å². The van der Waals surface area contributed by atoms with Gasteiger partial charge in [0.2, 0.25) is 0 Å². The van der Waals surface area contributed by atoms with Crippen LogP contribution in [0.1, 0.15) is 24.3 Å². The quantitative estimate of drug-likeness (QED) is 0.766. The number of rotatable bonds is 1. The lowest BCUT2D eigenvalue weighted by Gasteiger charge is -2.37. The molecule has 0 aliphatic carbocycles.